The number of benzene rings is 2. The van der Waals surface area contributed by atoms with E-state index in [0.29, 0.717) is 39.5 Å². The number of methoxy groups -OCH3 is 2. The highest BCUT2D eigenvalue weighted by Crippen LogP contribution is 2.34. The summed E-state index contributed by atoms with van der Waals surface area (Å²) in [6.07, 6.45) is 2.70. The van der Waals surface area contributed by atoms with Gasteiger partial charge < -0.3 is 28.4 Å². The van der Waals surface area contributed by atoms with Crippen LogP contribution in [0.4, 0.5) is 0 Å². The van der Waals surface area contributed by atoms with Gasteiger partial charge in [0.25, 0.3) is 0 Å². The van der Waals surface area contributed by atoms with E-state index in [0.717, 1.165) is 42.8 Å². The first-order valence-corrected chi connectivity index (χ1v) is 14.2. The molecular weight excluding hydrogens is 690 g/mol. The second kappa shape index (κ2) is 17.4. The van der Waals surface area contributed by atoms with Crippen molar-refractivity contribution in [1.82, 2.24) is 0 Å². The Kier molecular flexibility index (Phi) is 15.0. The van der Waals surface area contributed by atoms with Gasteiger partial charge in [0.05, 0.1) is 52.7 Å². The van der Waals surface area contributed by atoms with Gasteiger partial charge in [0, 0.05) is 7.11 Å². The van der Waals surface area contributed by atoms with Crippen molar-refractivity contribution in [2.45, 2.75) is 39.2 Å². The van der Waals surface area contributed by atoms with Crippen molar-refractivity contribution in [1.29, 1.82) is 0 Å². The first kappa shape index (κ1) is 31.1. The first-order chi connectivity index (χ1) is 17.4. The van der Waals surface area contributed by atoms with Crippen LogP contribution in [-0.2, 0) is 30.2 Å². The molecule has 0 saturated carbocycles. The van der Waals surface area contributed by atoms with E-state index in [4.69, 9.17) is 28.4 Å². The van der Waals surface area contributed by atoms with E-state index in [2.05, 4.69) is 52.1 Å². The zero-order chi connectivity index (χ0) is 26.3. The normalized spacial score (nSPS) is 12.7. The molecule has 36 heavy (non-hydrogen) atoms. The molecule has 0 aliphatic carbocycles. The molecule has 2 unspecified atom stereocenters. The van der Waals surface area contributed by atoms with Gasteiger partial charge in [-0.15, -0.1) is 0 Å². The zero-order valence-corrected chi connectivity index (χ0v) is 25.7. The summed E-state index contributed by atoms with van der Waals surface area (Å²) in [5.74, 6) is 1.87. The molecule has 2 aromatic carbocycles. The van der Waals surface area contributed by atoms with E-state index in [1.54, 1.807) is 7.11 Å². The fourth-order valence-corrected chi connectivity index (χ4v) is 5.57. The molecule has 0 amide bonds. The zero-order valence-electron chi connectivity index (χ0n) is 21.4. The number of hydrogen-bond donors (Lipinski definition) is 0. The second-order valence-electron chi connectivity index (χ2n) is 8.29. The van der Waals surface area contributed by atoms with Gasteiger partial charge in [-0.2, -0.15) is 0 Å². The summed E-state index contributed by atoms with van der Waals surface area (Å²) in [5, 5.41) is 0. The highest BCUT2D eigenvalue weighted by atomic mass is 127. The van der Waals surface area contributed by atoms with Crippen molar-refractivity contribution in [3.8, 4) is 17.2 Å². The van der Waals surface area contributed by atoms with Gasteiger partial charge in [0.1, 0.15) is 18.1 Å². The summed E-state index contributed by atoms with van der Waals surface area (Å²) in [5.41, 5.74) is 1.07. The third kappa shape index (κ3) is 11.1. The predicted octanol–water partition coefficient (Wildman–Crippen LogP) is 6.27. The summed E-state index contributed by atoms with van der Waals surface area (Å²) in [6.45, 7) is 6.66. The maximum absolute atomic E-state index is 11.7. The lowest BCUT2D eigenvalue weighted by Gasteiger charge is -2.17. The minimum absolute atomic E-state index is 0.0810. The Balaban J connectivity index is 1.81. The molecule has 0 fully saturated rings. The molecule has 2 aromatic rings. The van der Waals surface area contributed by atoms with Crippen molar-refractivity contribution >= 4 is 51.2 Å². The van der Waals surface area contributed by atoms with Crippen LogP contribution in [0.25, 0.3) is 0 Å². The van der Waals surface area contributed by atoms with Gasteiger partial charge in [-0.1, -0.05) is 20.3 Å². The van der Waals surface area contributed by atoms with Crippen molar-refractivity contribution in [2.24, 2.45) is 5.92 Å². The van der Waals surface area contributed by atoms with Crippen LogP contribution in [0, 0.1) is 13.1 Å². The van der Waals surface area contributed by atoms with Crippen LogP contribution < -0.4 is 9.47 Å². The van der Waals surface area contributed by atoms with Gasteiger partial charge in [0.15, 0.2) is 5.75 Å². The summed E-state index contributed by atoms with van der Waals surface area (Å²) in [7, 11) is 3.08. The Bertz CT molecular complexity index is 898. The van der Waals surface area contributed by atoms with Crippen LogP contribution in [0.1, 0.15) is 32.3 Å². The van der Waals surface area contributed by atoms with Crippen molar-refractivity contribution < 1.29 is 33.2 Å². The van der Waals surface area contributed by atoms with Crippen LogP contribution in [0.15, 0.2) is 36.4 Å². The largest absolute Gasteiger partial charge is 0.491 e. The van der Waals surface area contributed by atoms with E-state index < -0.39 is 0 Å². The lowest BCUT2D eigenvalue weighted by molar-refractivity contribution is -0.144. The summed E-state index contributed by atoms with van der Waals surface area (Å²) >= 11 is 4.53. The minimum Gasteiger partial charge on any atom is -0.491 e. The molecule has 0 saturated heterocycles. The molecule has 0 heterocycles. The number of halogens is 2. The molecule has 0 aromatic heterocycles. The van der Waals surface area contributed by atoms with Crippen LogP contribution in [0.3, 0.4) is 0 Å². The average molecular weight is 726 g/mol. The number of hydrogen-bond acceptors (Lipinski definition) is 7. The maximum atomic E-state index is 11.7. The molecule has 0 aliphatic rings. The molecule has 7 nitrogen and oxygen atoms in total. The van der Waals surface area contributed by atoms with Gasteiger partial charge in [0.2, 0.25) is 0 Å². The van der Waals surface area contributed by atoms with Crippen LogP contribution in [0.2, 0.25) is 0 Å². The van der Waals surface area contributed by atoms with Crippen LogP contribution in [-0.4, -0.2) is 59.3 Å². The number of esters is 1. The van der Waals surface area contributed by atoms with E-state index in [9.17, 15) is 4.79 Å². The molecule has 0 bridgehead atoms. The third-order valence-corrected chi connectivity index (χ3v) is 6.90. The molecule has 0 N–H and O–H groups in total. The van der Waals surface area contributed by atoms with Gasteiger partial charge in [-0.3, -0.25) is 4.79 Å². The molecule has 0 aliphatic heterocycles. The fourth-order valence-electron chi connectivity index (χ4n) is 3.46. The van der Waals surface area contributed by atoms with Crippen molar-refractivity contribution in [2.75, 3.05) is 47.3 Å². The van der Waals surface area contributed by atoms with Gasteiger partial charge in [-0.25, -0.2) is 0 Å². The Labute approximate surface area is 241 Å². The van der Waals surface area contributed by atoms with Gasteiger partial charge in [-0.05, 0) is 100.0 Å². The van der Waals surface area contributed by atoms with E-state index in [-0.39, 0.29) is 18.0 Å². The highest BCUT2D eigenvalue weighted by molar-refractivity contribution is 14.1. The molecule has 0 spiro atoms. The monoisotopic (exact) mass is 726 g/mol. The second-order valence-corrected chi connectivity index (χ2v) is 10.6. The number of ether oxygens (including phenoxy) is 6. The van der Waals surface area contributed by atoms with E-state index in [1.165, 1.54) is 7.11 Å². The summed E-state index contributed by atoms with van der Waals surface area (Å²) in [4.78, 5) is 11.7. The molecular formula is C27H36I2O7. The topological polar surface area (TPSA) is 72.5 Å². The first-order valence-electron chi connectivity index (χ1n) is 12.0. The number of carbonyl (C=O) groups excluding carboxylic acids is 1. The molecule has 9 heteroatoms. The SMILES string of the molecule is CCCC(COCCOc1ccc(Oc2c(I)cc(CC(C)C(=O)OC)cc2I)cc1)OCCOC. The van der Waals surface area contributed by atoms with Crippen LogP contribution in [0.5, 0.6) is 17.2 Å². The Morgan fingerprint density at radius 1 is 0.944 bits per heavy atom. The van der Waals surface area contributed by atoms with E-state index in [1.807, 2.05) is 43.3 Å². The molecule has 200 valence electrons. The maximum Gasteiger partial charge on any atom is 0.308 e. The van der Waals surface area contributed by atoms with E-state index >= 15 is 0 Å². The van der Waals surface area contributed by atoms with Gasteiger partial charge >= 0.3 is 5.97 Å². The lowest BCUT2D eigenvalue weighted by Crippen LogP contribution is -2.23. The smallest absolute Gasteiger partial charge is 0.308 e. The number of carbonyl (C=O) groups is 1. The quantitative estimate of drug-likeness (QED) is 0.108. The fraction of sp³-hybridized carbons (Fsp3) is 0.519. The average Bonchev–Trinajstić information content (AvgIpc) is 2.86. The van der Waals surface area contributed by atoms with Crippen molar-refractivity contribution in [3.05, 3.63) is 49.1 Å². The third-order valence-electron chi connectivity index (χ3n) is 5.30. The number of rotatable bonds is 17. The van der Waals surface area contributed by atoms with Crippen molar-refractivity contribution in [3.63, 3.8) is 0 Å². The standard InChI is InChI=1S/C27H36I2O7/c1-5-6-23(35-13-11-31-3)18-33-12-14-34-21-7-9-22(10-8-21)36-26-24(28)16-20(17-25(26)29)15-19(2)27(30)32-4/h7-10,16-17,19,23H,5-6,11-15,18H2,1-4H3. The van der Waals surface area contributed by atoms with Crippen LogP contribution >= 0.6 is 45.2 Å². The Morgan fingerprint density at radius 2 is 1.61 bits per heavy atom. The minimum atomic E-state index is -0.207. The molecule has 2 atom stereocenters. The Morgan fingerprint density at radius 3 is 2.22 bits per heavy atom. The highest BCUT2D eigenvalue weighted by Gasteiger charge is 2.17. The summed E-state index contributed by atoms with van der Waals surface area (Å²) in [6, 6.07) is 11.6. The Hall–Kier alpha value is -1.15. The summed E-state index contributed by atoms with van der Waals surface area (Å²) < 4.78 is 35.3. The molecule has 0 radical (unpaired) electrons. The predicted molar refractivity (Wildman–Crippen MR) is 156 cm³/mol. The lowest BCUT2D eigenvalue weighted by atomic mass is 10.0. The molecule has 2 rings (SSSR count).